The van der Waals surface area contributed by atoms with Gasteiger partial charge in [0.15, 0.2) is 0 Å². The first kappa shape index (κ1) is 6.00. The Morgan fingerprint density at radius 1 is 1.23 bits per heavy atom. The number of hydrogen-bond donors (Lipinski definition) is 2. The number of fused-ring (bicyclic) bond motifs is 3. The van der Waals surface area contributed by atoms with Crippen molar-refractivity contribution in [2.24, 2.45) is 0 Å². The smallest absolute Gasteiger partial charge is 0.0623 e. The zero-order valence-electron chi connectivity index (χ0n) is 8.09. The molecule has 0 aliphatic carbocycles. The van der Waals surface area contributed by atoms with Gasteiger partial charge in [0.1, 0.15) is 0 Å². The Bertz CT molecular complexity index is 508. The highest BCUT2D eigenvalue weighted by Crippen LogP contribution is 2.29. The van der Waals surface area contributed by atoms with E-state index in [2.05, 4.69) is 23.0 Å². The molecule has 64 valence electrons. The molecule has 0 radical (unpaired) electrons. The maximum atomic E-state index is 7.59. The second-order valence-electron chi connectivity index (χ2n) is 3.23. The molecule has 1 aliphatic rings. The van der Waals surface area contributed by atoms with E-state index in [1.54, 1.807) is 0 Å². The second-order valence-corrected chi connectivity index (χ2v) is 3.23. The van der Waals surface area contributed by atoms with Crippen molar-refractivity contribution >= 4 is 16.5 Å². The summed E-state index contributed by atoms with van der Waals surface area (Å²) in [6, 6.07) is 10.5. The molecule has 2 aromatic carbocycles. The zero-order valence-corrected chi connectivity index (χ0v) is 7.09. The Hall–Kier alpha value is -1.54. The van der Waals surface area contributed by atoms with Gasteiger partial charge < -0.3 is 5.43 Å². The van der Waals surface area contributed by atoms with Crippen LogP contribution in [-0.4, -0.2) is 0 Å². The van der Waals surface area contributed by atoms with Crippen molar-refractivity contribution < 1.29 is 1.37 Å². The topological polar surface area (TPSA) is 24.1 Å². The zero-order chi connectivity index (χ0) is 9.54. The summed E-state index contributed by atoms with van der Waals surface area (Å²) in [5.74, 6) is 0. The van der Waals surface area contributed by atoms with E-state index in [1.165, 1.54) is 10.9 Å². The molecule has 0 amide bonds. The highest BCUT2D eigenvalue weighted by Gasteiger charge is 2.11. The van der Waals surface area contributed by atoms with E-state index in [0.29, 0.717) is 6.04 Å². The second kappa shape index (κ2) is 2.47. The Labute approximate surface area is 77.9 Å². The van der Waals surface area contributed by atoms with Gasteiger partial charge in [-0.3, -0.25) is 0 Å². The highest BCUT2D eigenvalue weighted by molar-refractivity contribution is 5.95. The lowest BCUT2D eigenvalue weighted by Gasteiger charge is -2.03. The van der Waals surface area contributed by atoms with E-state index in [-0.39, 0.29) is 0 Å². The van der Waals surface area contributed by atoms with Crippen LogP contribution in [0.1, 0.15) is 6.93 Å². The minimum absolute atomic E-state index is 0.555. The summed E-state index contributed by atoms with van der Waals surface area (Å²) in [7, 11) is 0. The molecule has 1 heterocycles. The van der Waals surface area contributed by atoms with Crippen molar-refractivity contribution in [2.45, 2.75) is 6.54 Å². The molecule has 0 saturated carbocycles. The van der Waals surface area contributed by atoms with E-state index >= 15 is 0 Å². The first-order valence-electron chi connectivity index (χ1n) is 4.86. The van der Waals surface area contributed by atoms with E-state index in [1.807, 2.05) is 18.2 Å². The number of hydrazine groups is 1. The molecule has 0 saturated heterocycles. The van der Waals surface area contributed by atoms with Crippen molar-refractivity contribution in [3.8, 4) is 0 Å². The molecule has 2 N–H and O–H groups in total. The summed E-state index contributed by atoms with van der Waals surface area (Å²) in [6.07, 6.45) is 0. The Morgan fingerprint density at radius 2 is 2.23 bits per heavy atom. The van der Waals surface area contributed by atoms with Crippen LogP contribution in [0.25, 0.3) is 10.8 Å². The van der Waals surface area contributed by atoms with Crippen molar-refractivity contribution in [1.29, 1.82) is 0 Å². The molecule has 0 fully saturated rings. The molecule has 0 spiro atoms. The summed E-state index contributed by atoms with van der Waals surface area (Å²) in [5, 5.41) is 2.30. The van der Waals surface area contributed by atoms with Crippen molar-refractivity contribution in [1.82, 2.24) is 5.43 Å². The van der Waals surface area contributed by atoms with Crippen LogP contribution < -0.4 is 10.9 Å². The van der Waals surface area contributed by atoms with E-state index in [9.17, 15) is 0 Å². The quantitative estimate of drug-likeness (QED) is 0.637. The fourth-order valence-electron chi connectivity index (χ4n) is 1.77. The van der Waals surface area contributed by atoms with Gasteiger partial charge in [-0.1, -0.05) is 36.4 Å². The van der Waals surface area contributed by atoms with Gasteiger partial charge >= 0.3 is 0 Å². The van der Waals surface area contributed by atoms with Gasteiger partial charge in [-0.25, -0.2) is 5.43 Å². The van der Waals surface area contributed by atoms with Crippen molar-refractivity contribution in [3.63, 3.8) is 0 Å². The van der Waals surface area contributed by atoms with Gasteiger partial charge in [0, 0.05) is 11.9 Å². The lowest BCUT2D eigenvalue weighted by molar-refractivity contribution is 0.860. The van der Waals surface area contributed by atoms with Crippen molar-refractivity contribution in [2.75, 3.05) is 5.43 Å². The summed E-state index contributed by atoms with van der Waals surface area (Å²) in [5.41, 5.74) is 8.61. The first-order valence-corrected chi connectivity index (χ1v) is 4.36. The van der Waals surface area contributed by atoms with Gasteiger partial charge in [0.05, 0.1) is 7.06 Å². The molecule has 0 atom stereocenters. The fourth-order valence-corrected chi connectivity index (χ4v) is 1.77. The van der Waals surface area contributed by atoms with E-state index < -0.39 is 0 Å². The summed E-state index contributed by atoms with van der Waals surface area (Å²) >= 11 is 0. The van der Waals surface area contributed by atoms with Gasteiger partial charge in [0.25, 0.3) is 0 Å². The van der Waals surface area contributed by atoms with Crippen LogP contribution in [0.5, 0.6) is 0 Å². The summed E-state index contributed by atoms with van der Waals surface area (Å²) < 4.78 is 7.59. The third kappa shape index (κ3) is 0.924. The predicted molar refractivity (Wildman–Crippen MR) is 54.4 cm³/mol. The molecule has 1 aliphatic heterocycles. The standard InChI is InChI=1S/C11H10N2/c1-2-4-10-8(3-1)5-6-9-7-12-13-11(9)10/h1-6,12-13H,7H2/i2T. The Balaban J connectivity index is 2.41. The van der Waals surface area contributed by atoms with Crippen LogP contribution in [0, 0.1) is 0 Å². The van der Waals surface area contributed by atoms with Crippen LogP contribution in [0.15, 0.2) is 36.4 Å². The molecular weight excluding hydrogens is 160 g/mol. The lowest BCUT2D eigenvalue weighted by Crippen LogP contribution is -2.11. The van der Waals surface area contributed by atoms with Gasteiger partial charge in [-0.15, -0.1) is 0 Å². The largest absolute Gasteiger partial charge is 0.320 e. The van der Waals surface area contributed by atoms with Crippen LogP contribution in [-0.2, 0) is 6.54 Å². The van der Waals surface area contributed by atoms with E-state index in [0.717, 1.165) is 17.6 Å². The third-order valence-corrected chi connectivity index (χ3v) is 2.44. The molecule has 2 aromatic rings. The molecule has 0 unspecified atom stereocenters. The number of nitrogens with one attached hydrogen (secondary N) is 2. The molecule has 13 heavy (non-hydrogen) atoms. The average Bonchev–Trinajstić information content (AvgIpc) is 2.65. The van der Waals surface area contributed by atoms with E-state index in [4.69, 9.17) is 1.37 Å². The number of hydrogen-bond acceptors (Lipinski definition) is 2. The van der Waals surface area contributed by atoms with Crippen LogP contribution in [0.2, 0.25) is 0 Å². The molecular formula is C11H10N2. The number of benzene rings is 2. The molecule has 0 bridgehead atoms. The highest BCUT2D eigenvalue weighted by atomic mass is 15.4. The maximum Gasteiger partial charge on any atom is 0.0623 e. The van der Waals surface area contributed by atoms with Gasteiger partial charge in [-0.05, 0) is 10.9 Å². The monoisotopic (exact) mass is 172 g/mol. The minimum atomic E-state index is 0.555. The van der Waals surface area contributed by atoms with Crippen LogP contribution in [0.4, 0.5) is 5.69 Å². The predicted octanol–water partition coefficient (Wildman–Crippen LogP) is 2.27. The third-order valence-electron chi connectivity index (χ3n) is 2.44. The van der Waals surface area contributed by atoms with Gasteiger partial charge in [0.2, 0.25) is 0 Å². The lowest BCUT2D eigenvalue weighted by atomic mass is 10.1. The van der Waals surface area contributed by atoms with Crippen LogP contribution in [0.3, 0.4) is 0 Å². The Morgan fingerprint density at radius 3 is 3.23 bits per heavy atom. The SMILES string of the molecule is [3H]c1ccc2ccc3c(c2c1)NNC3. The molecule has 0 aromatic heterocycles. The number of rotatable bonds is 0. The van der Waals surface area contributed by atoms with Gasteiger partial charge in [-0.2, -0.15) is 0 Å². The molecule has 3 rings (SSSR count). The first-order chi connectivity index (χ1) is 6.84. The fraction of sp³-hybridized carbons (Fsp3) is 0.0909. The summed E-state index contributed by atoms with van der Waals surface area (Å²) in [4.78, 5) is 0. The molecule has 2 heteroatoms. The maximum absolute atomic E-state index is 7.59. The average molecular weight is 172 g/mol. The minimum Gasteiger partial charge on any atom is -0.320 e. The normalized spacial score (nSPS) is 15.2. The van der Waals surface area contributed by atoms with Crippen molar-refractivity contribution in [3.05, 3.63) is 41.9 Å². The molecule has 2 nitrogen and oxygen atoms in total. The number of anilines is 1. The summed E-state index contributed by atoms with van der Waals surface area (Å²) in [6.45, 7) is 0.855. The van der Waals surface area contributed by atoms with Crippen LogP contribution >= 0.6 is 0 Å². The Kier molecular flexibility index (Phi) is 1.14.